The van der Waals surface area contributed by atoms with Crippen molar-refractivity contribution in [2.24, 2.45) is 5.92 Å². The summed E-state index contributed by atoms with van der Waals surface area (Å²) in [4.78, 5) is 33.3. The molecule has 0 fully saturated rings. The minimum Gasteiger partial charge on any atom is -0.481 e. The van der Waals surface area contributed by atoms with Crippen LogP contribution in [0.2, 0.25) is 5.02 Å². The Hall–Kier alpha value is -1.88. The quantitative estimate of drug-likeness (QED) is 0.648. The molecule has 6 heteroatoms. The number of carbonyl (C=O) groups is 3. The van der Waals surface area contributed by atoms with E-state index in [1.165, 1.54) is 32.0 Å². The van der Waals surface area contributed by atoms with Gasteiger partial charge in [-0.05, 0) is 25.1 Å². The van der Waals surface area contributed by atoms with Crippen LogP contribution in [0, 0.1) is 5.92 Å². The predicted molar refractivity (Wildman–Crippen MR) is 66.9 cm³/mol. The van der Waals surface area contributed by atoms with Crippen molar-refractivity contribution in [1.29, 1.82) is 0 Å². The summed E-state index contributed by atoms with van der Waals surface area (Å²) in [6.07, 6.45) is 0. The molecule has 1 atom stereocenters. The van der Waals surface area contributed by atoms with Crippen molar-refractivity contribution in [2.75, 3.05) is 5.32 Å². The molecule has 96 valence electrons. The number of nitrogens with one attached hydrogen (secondary N) is 1. The summed E-state index contributed by atoms with van der Waals surface area (Å²) in [5, 5.41) is 11.4. The van der Waals surface area contributed by atoms with Gasteiger partial charge in [0.2, 0.25) is 5.91 Å². The summed E-state index contributed by atoms with van der Waals surface area (Å²) in [5.74, 6) is -3.14. The van der Waals surface area contributed by atoms with Crippen molar-refractivity contribution in [1.82, 2.24) is 0 Å². The van der Waals surface area contributed by atoms with E-state index in [-0.39, 0.29) is 16.5 Å². The van der Waals surface area contributed by atoms with Gasteiger partial charge in [0.15, 0.2) is 5.78 Å². The smallest absolute Gasteiger partial charge is 0.314 e. The average molecular weight is 270 g/mol. The van der Waals surface area contributed by atoms with Gasteiger partial charge < -0.3 is 10.4 Å². The molecule has 0 saturated heterocycles. The molecule has 18 heavy (non-hydrogen) atoms. The largest absolute Gasteiger partial charge is 0.481 e. The molecule has 1 aromatic rings. The number of hydrogen-bond donors (Lipinski definition) is 2. The third-order valence-corrected chi connectivity index (χ3v) is 2.64. The number of carboxylic acids is 1. The van der Waals surface area contributed by atoms with Gasteiger partial charge in [-0.25, -0.2) is 0 Å². The van der Waals surface area contributed by atoms with E-state index in [1.807, 2.05) is 0 Å². The molecule has 5 nitrogen and oxygen atoms in total. The van der Waals surface area contributed by atoms with Crippen molar-refractivity contribution in [3.63, 3.8) is 0 Å². The highest BCUT2D eigenvalue weighted by Gasteiger charge is 2.22. The van der Waals surface area contributed by atoms with Crippen molar-refractivity contribution < 1.29 is 19.5 Å². The molecule has 0 aliphatic heterocycles. The second kappa shape index (κ2) is 5.64. The molecule has 0 radical (unpaired) electrons. The lowest BCUT2D eigenvalue weighted by molar-refractivity contribution is -0.139. The first-order valence-corrected chi connectivity index (χ1v) is 5.55. The standard InChI is InChI=1S/C12H12ClNO4/c1-6(12(17)18)11(16)8-3-4-10(9(13)5-8)14-7(2)15/h3-6H,1-2H3,(H,14,15)(H,17,18). The SMILES string of the molecule is CC(=O)Nc1ccc(C(=O)C(C)C(=O)O)cc1Cl. The number of amides is 1. The van der Waals surface area contributed by atoms with Gasteiger partial charge in [0, 0.05) is 12.5 Å². The monoisotopic (exact) mass is 269 g/mol. The van der Waals surface area contributed by atoms with E-state index in [9.17, 15) is 14.4 Å². The van der Waals surface area contributed by atoms with E-state index in [0.717, 1.165) is 0 Å². The highest BCUT2D eigenvalue weighted by Crippen LogP contribution is 2.24. The van der Waals surface area contributed by atoms with Crippen LogP contribution in [-0.4, -0.2) is 22.8 Å². The first-order valence-electron chi connectivity index (χ1n) is 5.17. The highest BCUT2D eigenvalue weighted by atomic mass is 35.5. The Morgan fingerprint density at radius 3 is 2.39 bits per heavy atom. The number of hydrogen-bond acceptors (Lipinski definition) is 3. The van der Waals surface area contributed by atoms with Crippen molar-refractivity contribution in [3.05, 3.63) is 28.8 Å². The minimum atomic E-state index is -1.19. The van der Waals surface area contributed by atoms with Crippen LogP contribution in [0.1, 0.15) is 24.2 Å². The molecular weight excluding hydrogens is 258 g/mol. The number of carbonyl (C=O) groups excluding carboxylic acids is 2. The number of Topliss-reactive ketones (excluding diaryl/α,β-unsaturated/α-hetero) is 1. The topological polar surface area (TPSA) is 83.5 Å². The lowest BCUT2D eigenvalue weighted by Gasteiger charge is -2.09. The fraction of sp³-hybridized carbons (Fsp3) is 0.250. The van der Waals surface area contributed by atoms with Gasteiger partial charge in [-0.3, -0.25) is 14.4 Å². The Morgan fingerprint density at radius 2 is 1.94 bits per heavy atom. The van der Waals surface area contributed by atoms with Crippen LogP contribution < -0.4 is 5.32 Å². The molecular formula is C12H12ClNO4. The minimum absolute atomic E-state index is 0.189. The Morgan fingerprint density at radius 1 is 1.33 bits per heavy atom. The first kappa shape index (κ1) is 14.2. The van der Waals surface area contributed by atoms with Gasteiger partial charge in [-0.15, -0.1) is 0 Å². The van der Waals surface area contributed by atoms with Crippen LogP contribution in [0.4, 0.5) is 5.69 Å². The number of carboxylic acid groups (broad SMARTS) is 1. The Balaban J connectivity index is 3.00. The fourth-order valence-corrected chi connectivity index (χ4v) is 1.55. The first-order chi connectivity index (χ1) is 8.32. The molecule has 2 N–H and O–H groups in total. The molecule has 0 bridgehead atoms. The summed E-state index contributed by atoms with van der Waals surface area (Å²) in [5.41, 5.74) is 0.577. The van der Waals surface area contributed by atoms with Crippen LogP contribution in [0.25, 0.3) is 0 Å². The number of benzene rings is 1. The normalized spacial score (nSPS) is 11.7. The lowest BCUT2D eigenvalue weighted by atomic mass is 9.99. The third-order valence-electron chi connectivity index (χ3n) is 2.33. The van der Waals surface area contributed by atoms with E-state index < -0.39 is 17.7 Å². The zero-order valence-corrected chi connectivity index (χ0v) is 10.6. The zero-order valence-electron chi connectivity index (χ0n) is 9.86. The summed E-state index contributed by atoms with van der Waals surface area (Å²) < 4.78 is 0. The van der Waals surface area contributed by atoms with Gasteiger partial charge in [-0.2, -0.15) is 0 Å². The van der Waals surface area contributed by atoms with Crippen LogP contribution in [-0.2, 0) is 9.59 Å². The highest BCUT2D eigenvalue weighted by molar-refractivity contribution is 6.34. The average Bonchev–Trinajstić information content (AvgIpc) is 2.29. The molecule has 0 spiro atoms. The van der Waals surface area contributed by atoms with Crippen molar-refractivity contribution >= 4 is 34.9 Å². The molecule has 1 amide bonds. The van der Waals surface area contributed by atoms with Crippen LogP contribution in [0.5, 0.6) is 0 Å². The van der Waals surface area contributed by atoms with Crippen molar-refractivity contribution in [3.8, 4) is 0 Å². The summed E-state index contributed by atoms with van der Waals surface area (Å²) >= 11 is 5.89. The van der Waals surface area contributed by atoms with E-state index in [0.29, 0.717) is 5.69 Å². The maximum Gasteiger partial charge on any atom is 0.314 e. The third kappa shape index (κ3) is 3.30. The maximum atomic E-state index is 11.7. The van der Waals surface area contributed by atoms with Crippen LogP contribution in [0.3, 0.4) is 0 Å². The van der Waals surface area contributed by atoms with E-state index in [1.54, 1.807) is 0 Å². The summed E-state index contributed by atoms with van der Waals surface area (Å²) in [6, 6.07) is 4.24. The molecule has 0 saturated carbocycles. The van der Waals surface area contributed by atoms with Gasteiger partial charge in [-0.1, -0.05) is 11.6 Å². The maximum absolute atomic E-state index is 11.7. The molecule has 1 rings (SSSR count). The Kier molecular flexibility index (Phi) is 4.44. The van der Waals surface area contributed by atoms with Gasteiger partial charge in [0.25, 0.3) is 0 Å². The van der Waals surface area contributed by atoms with E-state index in [4.69, 9.17) is 16.7 Å². The molecule has 0 aliphatic carbocycles. The lowest BCUT2D eigenvalue weighted by Crippen LogP contribution is -2.20. The summed E-state index contributed by atoms with van der Waals surface area (Å²) in [6.45, 7) is 2.64. The number of halogens is 1. The van der Waals surface area contributed by atoms with Crippen molar-refractivity contribution in [2.45, 2.75) is 13.8 Å². The van der Waals surface area contributed by atoms with E-state index in [2.05, 4.69) is 5.32 Å². The zero-order chi connectivity index (χ0) is 13.9. The van der Waals surface area contributed by atoms with Crippen LogP contribution in [0.15, 0.2) is 18.2 Å². The van der Waals surface area contributed by atoms with E-state index >= 15 is 0 Å². The fourth-order valence-electron chi connectivity index (χ4n) is 1.32. The number of rotatable bonds is 4. The molecule has 0 aliphatic rings. The molecule has 1 unspecified atom stereocenters. The number of anilines is 1. The van der Waals surface area contributed by atoms with Gasteiger partial charge in [0.05, 0.1) is 10.7 Å². The molecule has 0 aromatic heterocycles. The predicted octanol–water partition coefficient (Wildman–Crippen LogP) is 2.20. The Bertz CT molecular complexity index is 513. The number of ketones is 1. The van der Waals surface area contributed by atoms with Gasteiger partial charge >= 0.3 is 5.97 Å². The molecule has 1 aromatic carbocycles. The summed E-state index contributed by atoms with van der Waals surface area (Å²) in [7, 11) is 0. The molecule has 0 heterocycles. The second-order valence-corrected chi connectivity index (χ2v) is 4.21. The van der Waals surface area contributed by atoms with Gasteiger partial charge in [0.1, 0.15) is 5.92 Å². The number of aliphatic carboxylic acids is 1. The second-order valence-electron chi connectivity index (χ2n) is 3.80. The van der Waals surface area contributed by atoms with Crippen LogP contribution >= 0.6 is 11.6 Å². The Labute approximate surface area is 109 Å².